The van der Waals surface area contributed by atoms with Crippen LogP contribution in [0, 0.1) is 6.92 Å². The summed E-state index contributed by atoms with van der Waals surface area (Å²) in [6.07, 6.45) is 0.818. The third kappa shape index (κ3) is 5.63. The third-order valence-electron chi connectivity index (χ3n) is 6.61. The van der Waals surface area contributed by atoms with Gasteiger partial charge in [0.05, 0.1) is 23.1 Å². The van der Waals surface area contributed by atoms with Gasteiger partial charge in [0.2, 0.25) is 0 Å². The van der Waals surface area contributed by atoms with Gasteiger partial charge < -0.3 is 15.0 Å². The summed E-state index contributed by atoms with van der Waals surface area (Å²) in [5.74, 6) is -0.355. The lowest BCUT2D eigenvalue weighted by molar-refractivity contribution is -0.139. The molecule has 1 atom stereocenters. The van der Waals surface area contributed by atoms with Crippen molar-refractivity contribution in [1.29, 1.82) is 0 Å². The van der Waals surface area contributed by atoms with Crippen molar-refractivity contribution in [3.8, 4) is 0 Å². The van der Waals surface area contributed by atoms with Gasteiger partial charge in [0.25, 0.3) is 5.91 Å². The van der Waals surface area contributed by atoms with Crippen LogP contribution in [0.5, 0.6) is 0 Å². The van der Waals surface area contributed by atoms with Crippen LogP contribution >= 0.6 is 11.3 Å². The number of carbonyl (C=O) groups excluding carboxylic acids is 3. The highest BCUT2D eigenvalue weighted by molar-refractivity contribution is 7.12. The molecule has 8 nitrogen and oxygen atoms in total. The summed E-state index contributed by atoms with van der Waals surface area (Å²) in [7, 11) is 0. The molecule has 1 aromatic heterocycles. The number of hydrogen-bond acceptors (Lipinski definition) is 6. The zero-order valence-electron chi connectivity index (χ0n) is 21.2. The number of ether oxygens (including phenoxy) is 1. The monoisotopic (exact) mass is 510 g/mol. The predicted molar refractivity (Wildman–Crippen MR) is 140 cm³/mol. The Hall–Kier alpha value is -3.17. The quantitative estimate of drug-likeness (QED) is 0.573. The van der Waals surface area contributed by atoms with Gasteiger partial charge in [-0.15, -0.1) is 11.3 Å². The minimum atomic E-state index is -0.585. The number of nitrogens with one attached hydrogen (secondary N) is 1. The molecule has 1 N–H and O–H groups in total. The highest BCUT2D eigenvalue weighted by atomic mass is 32.1. The van der Waals surface area contributed by atoms with Gasteiger partial charge in [-0.2, -0.15) is 0 Å². The van der Waals surface area contributed by atoms with E-state index in [-0.39, 0.29) is 18.5 Å². The number of hydrogen-bond donors (Lipinski definition) is 1. The van der Waals surface area contributed by atoms with E-state index in [1.807, 2.05) is 60.5 Å². The maximum absolute atomic E-state index is 13.3. The Morgan fingerprint density at radius 1 is 1.11 bits per heavy atom. The van der Waals surface area contributed by atoms with Gasteiger partial charge in [-0.25, -0.2) is 9.59 Å². The molecule has 2 aliphatic rings. The van der Waals surface area contributed by atoms with Gasteiger partial charge in [-0.3, -0.25) is 14.6 Å². The first-order valence-corrected chi connectivity index (χ1v) is 13.4. The van der Waals surface area contributed by atoms with E-state index in [9.17, 15) is 14.4 Å². The van der Waals surface area contributed by atoms with E-state index in [1.54, 1.807) is 11.8 Å². The minimum Gasteiger partial charge on any atom is -0.463 e. The van der Waals surface area contributed by atoms with Crippen LogP contribution < -0.4 is 5.32 Å². The van der Waals surface area contributed by atoms with Crippen LogP contribution in [0.1, 0.15) is 47.1 Å². The predicted octanol–water partition coefficient (Wildman–Crippen LogP) is 3.81. The van der Waals surface area contributed by atoms with Crippen molar-refractivity contribution in [3.63, 3.8) is 0 Å². The molecule has 0 bridgehead atoms. The number of urea groups is 1. The van der Waals surface area contributed by atoms with Crippen LogP contribution in [-0.2, 0) is 9.53 Å². The molecule has 1 fully saturated rings. The molecule has 9 heteroatoms. The normalized spacial score (nSPS) is 19.2. The van der Waals surface area contributed by atoms with E-state index in [4.69, 9.17) is 4.74 Å². The molecule has 1 saturated heterocycles. The highest BCUT2D eigenvalue weighted by Gasteiger charge is 2.38. The number of esters is 1. The summed E-state index contributed by atoms with van der Waals surface area (Å²) in [5.41, 5.74) is 3.04. The Balaban J connectivity index is 1.64. The molecule has 2 aliphatic heterocycles. The number of likely N-dealkylation sites (N-methyl/N-ethyl adjacent to an activating group) is 1. The number of carbonyl (C=O) groups is 3. The minimum absolute atomic E-state index is 0.0602. The fourth-order valence-corrected chi connectivity index (χ4v) is 5.55. The van der Waals surface area contributed by atoms with Crippen LogP contribution in [-0.4, -0.2) is 78.5 Å². The lowest BCUT2D eigenvalue weighted by Gasteiger charge is -2.38. The van der Waals surface area contributed by atoms with Gasteiger partial charge in [0.15, 0.2) is 0 Å². The highest BCUT2D eigenvalue weighted by Crippen LogP contribution is 2.32. The molecular formula is C27H34N4O4S. The molecule has 0 aliphatic carbocycles. The largest absolute Gasteiger partial charge is 0.463 e. The average molecular weight is 511 g/mol. The van der Waals surface area contributed by atoms with Crippen LogP contribution in [0.2, 0.25) is 0 Å². The molecule has 192 valence electrons. The van der Waals surface area contributed by atoms with Gasteiger partial charge in [0, 0.05) is 45.0 Å². The molecule has 1 unspecified atom stereocenters. The first kappa shape index (κ1) is 25.9. The average Bonchev–Trinajstić information content (AvgIpc) is 3.30. The Kier molecular flexibility index (Phi) is 8.43. The first-order chi connectivity index (χ1) is 17.4. The Labute approximate surface area is 216 Å². The van der Waals surface area contributed by atoms with E-state index < -0.39 is 12.0 Å². The van der Waals surface area contributed by atoms with Gasteiger partial charge in [-0.1, -0.05) is 35.9 Å². The molecule has 0 spiro atoms. The molecule has 4 rings (SSSR count). The van der Waals surface area contributed by atoms with E-state index in [0.717, 1.165) is 29.0 Å². The Bertz CT molecular complexity index is 1130. The third-order valence-corrected chi connectivity index (χ3v) is 7.46. The number of thiophene rings is 1. The zero-order valence-corrected chi connectivity index (χ0v) is 22.0. The van der Waals surface area contributed by atoms with Crippen molar-refractivity contribution in [3.05, 3.63) is 69.1 Å². The SMILES string of the molecule is CCOC(=O)C1=C(CN2CCCN(C(=O)c3cccs3)CC2)N(CC)C(=O)NC1c1cccc(C)c1. The van der Waals surface area contributed by atoms with Gasteiger partial charge >= 0.3 is 12.0 Å². The molecule has 3 heterocycles. The van der Waals surface area contributed by atoms with Crippen LogP contribution in [0.25, 0.3) is 0 Å². The van der Waals surface area contributed by atoms with Crippen molar-refractivity contribution < 1.29 is 19.1 Å². The number of nitrogens with zero attached hydrogens (tertiary/aromatic N) is 3. The molecule has 0 radical (unpaired) electrons. The number of benzene rings is 1. The summed E-state index contributed by atoms with van der Waals surface area (Å²) in [4.78, 5) is 45.9. The number of aryl methyl sites for hydroxylation is 1. The van der Waals surface area contributed by atoms with Gasteiger partial charge in [-0.05, 0) is 44.2 Å². The Morgan fingerprint density at radius 3 is 2.64 bits per heavy atom. The van der Waals surface area contributed by atoms with Crippen LogP contribution in [0.15, 0.2) is 53.0 Å². The summed E-state index contributed by atoms with van der Waals surface area (Å²) in [5, 5.41) is 4.94. The van der Waals surface area contributed by atoms with Crippen LogP contribution in [0.3, 0.4) is 0 Å². The fourth-order valence-electron chi connectivity index (χ4n) is 4.86. The van der Waals surface area contributed by atoms with E-state index in [1.165, 1.54) is 11.3 Å². The maximum atomic E-state index is 13.3. The second-order valence-corrected chi connectivity index (χ2v) is 9.97. The maximum Gasteiger partial charge on any atom is 0.338 e. The zero-order chi connectivity index (χ0) is 25.7. The second-order valence-electron chi connectivity index (χ2n) is 9.02. The molecule has 3 amide bonds. The lowest BCUT2D eigenvalue weighted by Crippen LogP contribution is -2.51. The smallest absolute Gasteiger partial charge is 0.338 e. The van der Waals surface area contributed by atoms with Crippen molar-refractivity contribution in [2.75, 3.05) is 45.9 Å². The van der Waals surface area contributed by atoms with Crippen molar-refractivity contribution in [2.45, 2.75) is 33.2 Å². The van der Waals surface area contributed by atoms with Crippen molar-refractivity contribution >= 4 is 29.2 Å². The van der Waals surface area contributed by atoms with Crippen molar-refractivity contribution in [1.82, 2.24) is 20.0 Å². The summed E-state index contributed by atoms with van der Waals surface area (Å²) >= 11 is 1.46. The van der Waals surface area contributed by atoms with Crippen LogP contribution in [0.4, 0.5) is 4.79 Å². The molecule has 0 saturated carbocycles. The summed E-state index contributed by atoms with van der Waals surface area (Å²) in [6, 6.07) is 10.8. The molecule has 36 heavy (non-hydrogen) atoms. The second kappa shape index (κ2) is 11.7. The summed E-state index contributed by atoms with van der Waals surface area (Å²) in [6.45, 7) is 9.49. The standard InChI is InChI=1S/C27H34N4O4S/c1-4-31-21(18-29-12-8-13-30(15-14-29)25(32)22-11-7-16-36-22)23(26(33)35-5-2)24(28-27(31)34)20-10-6-9-19(3)17-20/h6-7,9-11,16-17,24H,4-5,8,12-15,18H2,1-3H3,(H,28,34). The van der Waals surface area contributed by atoms with Crippen molar-refractivity contribution in [2.24, 2.45) is 0 Å². The van der Waals surface area contributed by atoms with E-state index in [2.05, 4.69) is 10.2 Å². The Morgan fingerprint density at radius 2 is 1.94 bits per heavy atom. The fraction of sp³-hybridized carbons (Fsp3) is 0.444. The molecule has 1 aromatic carbocycles. The van der Waals surface area contributed by atoms with Gasteiger partial charge in [0.1, 0.15) is 0 Å². The first-order valence-electron chi connectivity index (χ1n) is 12.5. The number of amides is 3. The lowest BCUT2D eigenvalue weighted by atomic mass is 9.93. The molecular weight excluding hydrogens is 476 g/mol. The summed E-state index contributed by atoms with van der Waals surface area (Å²) < 4.78 is 5.48. The van der Waals surface area contributed by atoms with E-state index in [0.29, 0.717) is 44.0 Å². The number of rotatable bonds is 7. The molecule has 2 aromatic rings. The topological polar surface area (TPSA) is 82.2 Å². The van der Waals surface area contributed by atoms with E-state index >= 15 is 0 Å².